The Bertz CT molecular complexity index is 852. The van der Waals surface area contributed by atoms with Crippen molar-refractivity contribution >= 4 is 39.0 Å². The lowest BCUT2D eigenvalue weighted by Gasteiger charge is -2.28. The zero-order valence-corrected chi connectivity index (χ0v) is 15.1. The highest BCUT2D eigenvalue weighted by Gasteiger charge is 2.19. The van der Waals surface area contributed by atoms with Crippen LogP contribution in [0.3, 0.4) is 0 Å². The maximum absolute atomic E-state index is 6.12. The van der Waals surface area contributed by atoms with Crippen LogP contribution < -0.4 is 4.90 Å². The number of pyridine rings is 1. The molecule has 3 aromatic rings. The fourth-order valence-electron chi connectivity index (χ4n) is 2.75. The average molecular weight is 377 g/mol. The Morgan fingerprint density at radius 3 is 2.76 bits per heavy atom. The van der Waals surface area contributed by atoms with Gasteiger partial charge in [-0.3, -0.25) is 4.98 Å². The molecule has 8 heteroatoms. The first-order chi connectivity index (χ1) is 12.3. The number of halogens is 1. The van der Waals surface area contributed by atoms with E-state index in [9.17, 15) is 0 Å². The smallest absolute Gasteiger partial charge is 0.224 e. The molecule has 3 aromatic heterocycles. The van der Waals surface area contributed by atoms with Gasteiger partial charge in [0.1, 0.15) is 0 Å². The first-order valence-electron chi connectivity index (χ1n) is 8.05. The predicted octanol–water partition coefficient (Wildman–Crippen LogP) is 3.29. The minimum atomic E-state index is 0.274. The van der Waals surface area contributed by atoms with Crippen molar-refractivity contribution in [2.24, 2.45) is 0 Å². The lowest BCUT2D eigenvalue weighted by molar-refractivity contribution is 0.109. The number of ether oxygens (including phenoxy) is 2. The molecule has 0 aliphatic carbocycles. The first-order valence-corrected chi connectivity index (χ1v) is 9.24. The second-order valence-electron chi connectivity index (χ2n) is 5.69. The predicted molar refractivity (Wildman–Crippen MR) is 98.2 cm³/mol. The van der Waals surface area contributed by atoms with Gasteiger partial charge in [-0.1, -0.05) is 0 Å². The van der Waals surface area contributed by atoms with Gasteiger partial charge in [0.25, 0.3) is 0 Å². The SMILES string of the molecule is Clc1nc(N2CCOCC2)c2sc(COCc3ccncc3)cc2n1. The van der Waals surface area contributed by atoms with Crippen molar-refractivity contribution < 1.29 is 9.47 Å². The van der Waals surface area contributed by atoms with E-state index in [0.717, 1.165) is 39.6 Å². The molecule has 130 valence electrons. The monoisotopic (exact) mass is 376 g/mol. The normalized spacial score (nSPS) is 15.0. The third-order valence-corrected chi connectivity index (χ3v) is 5.21. The lowest BCUT2D eigenvalue weighted by atomic mass is 10.3. The highest BCUT2D eigenvalue weighted by Crippen LogP contribution is 2.33. The number of anilines is 1. The van der Waals surface area contributed by atoms with Crippen molar-refractivity contribution in [3.05, 3.63) is 46.3 Å². The largest absolute Gasteiger partial charge is 0.378 e. The van der Waals surface area contributed by atoms with Crippen molar-refractivity contribution in [3.63, 3.8) is 0 Å². The van der Waals surface area contributed by atoms with Gasteiger partial charge in [0.05, 0.1) is 36.6 Å². The Morgan fingerprint density at radius 1 is 1.16 bits per heavy atom. The number of hydrogen-bond acceptors (Lipinski definition) is 7. The van der Waals surface area contributed by atoms with Gasteiger partial charge >= 0.3 is 0 Å². The van der Waals surface area contributed by atoms with Gasteiger partial charge in [-0.05, 0) is 35.4 Å². The van der Waals surface area contributed by atoms with E-state index < -0.39 is 0 Å². The Morgan fingerprint density at radius 2 is 1.96 bits per heavy atom. The highest BCUT2D eigenvalue weighted by molar-refractivity contribution is 7.19. The molecule has 0 atom stereocenters. The fraction of sp³-hybridized carbons (Fsp3) is 0.353. The van der Waals surface area contributed by atoms with Gasteiger partial charge in [-0.2, -0.15) is 4.98 Å². The maximum atomic E-state index is 6.12. The Labute approximate surface area is 154 Å². The van der Waals surface area contributed by atoms with E-state index in [0.29, 0.717) is 26.4 Å². The zero-order chi connectivity index (χ0) is 17.1. The van der Waals surface area contributed by atoms with Gasteiger partial charge < -0.3 is 14.4 Å². The molecular formula is C17H17ClN4O2S. The Hall–Kier alpha value is -1.80. The van der Waals surface area contributed by atoms with Crippen LogP contribution in [0.15, 0.2) is 30.6 Å². The molecule has 4 heterocycles. The third kappa shape index (κ3) is 3.90. The van der Waals surface area contributed by atoms with Gasteiger partial charge in [-0.25, -0.2) is 4.98 Å². The third-order valence-electron chi connectivity index (χ3n) is 3.95. The first kappa shape index (κ1) is 16.7. The number of hydrogen-bond donors (Lipinski definition) is 0. The molecule has 0 amide bonds. The summed E-state index contributed by atoms with van der Waals surface area (Å²) in [6, 6.07) is 5.93. The molecule has 0 bridgehead atoms. The number of morpholine rings is 1. The summed E-state index contributed by atoms with van der Waals surface area (Å²) in [5.74, 6) is 0.892. The molecule has 0 radical (unpaired) electrons. The van der Waals surface area contributed by atoms with E-state index >= 15 is 0 Å². The van der Waals surface area contributed by atoms with E-state index in [1.165, 1.54) is 0 Å². The quantitative estimate of drug-likeness (QED) is 0.637. The van der Waals surface area contributed by atoms with Crippen LogP contribution in [0.5, 0.6) is 0 Å². The molecule has 0 spiro atoms. The van der Waals surface area contributed by atoms with Crippen molar-refractivity contribution in [1.29, 1.82) is 0 Å². The summed E-state index contributed by atoms with van der Waals surface area (Å²) in [4.78, 5) is 16.1. The molecule has 0 saturated carbocycles. The van der Waals surface area contributed by atoms with E-state index in [-0.39, 0.29) is 5.28 Å². The van der Waals surface area contributed by atoms with E-state index in [1.807, 2.05) is 18.2 Å². The van der Waals surface area contributed by atoms with Crippen LogP contribution in [0.2, 0.25) is 5.28 Å². The van der Waals surface area contributed by atoms with Gasteiger partial charge in [0.15, 0.2) is 5.82 Å². The molecule has 0 unspecified atom stereocenters. The van der Waals surface area contributed by atoms with Crippen LogP contribution in [0.25, 0.3) is 10.2 Å². The minimum absolute atomic E-state index is 0.274. The topological polar surface area (TPSA) is 60.4 Å². The molecule has 25 heavy (non-hydrogen) atoms. The van der Waals surface area contributed by atoms with Gasteiger partial charge in [-0.15, -0.1) is 11.3 Å². The maximum Gasteiger partial charge on any atom is 0.224 e. The van der Waals surface area contributed by atoms with E-state index in [1.54, 1.807) is 23.7 Å². The molecule has 1 aliphatic rings. The molecular weight excluding hydrogens is 360 g/mol. The van der Waals surface area contributed by atoms with Crippen LogP contribution in [0.1, 0.15) is 10.4 Å². The minimum Gasteiger partial charge on any atom is -0.378 e. The Balaban J connectivity index is 1.52. The average Bonchev–Trinajstić information content (AvgIpc) is 3.05. The van der Waals surface area contributed by atoms with Crippen molar-refractivity contribution in [1.82, 2.24) is 15.0 Å². The number of thiophene rings is 1. The van der Waals surface area contributed by atoms with E-state index in [4.69, 9.17) is 21.1 Å². The summed E-state index contributed by atoms with van der Waals surface area (Å²) in [5.41, 5.74) is 1.97. The lowest BCUT2D eigenvalue weighted by Crippen LogP contribution is -2.36. The second-order valence-corrected chi connectivity index (χ2v) is 7.17. The molecule has 0 aromatic carbocycles. The van der Waals surface area contributed by atoms with E-state index in [2.05, 4.69) is 19.9 Å². The zero-order valence-electron chi connectivity index (χ0n) is 13.5. The van der Waals surface area contributed by atoms with Gasteiger partial charge in [0, 0.05) is 30.4 Å². The summed E-state index contributed by atoms with van der Waals surface area (Å²) in [5, 5.41) is 0.274. The Kier molecular flexibility index (Phi) is 5.07. The van der Waals surface area contributed by atoms with Gasteiger partial charge in [0.2, 0.25) is 5.28 Å². The van der Waals surface area contributed by atoms with Crippen LogP contribution in [-0.4, -0.2) is 41.3 Å². The van der Waals surface area contributed by atoms with Crippen LogP contribution in [0.4, 0.5) is 5.82 Å². The van der Waals surface area contributed by atoms with Crippen molar-refractivity contribution in [2.75, 3.05) is 31.2 Å². The highest BCUT2D eigenvalue weighted by atomic mass is 35.5. The molecule has 1 aliphatic heterocycles. The number of rotatable bonds is 5. The summed E-state index contributed by atoms with van der Waals surface area (Å²) in [6.45, 7) is 4.12. The van der Waals surface area contributed by atoms with Crippen LogP contribution in [-0.2, 0) is 22.7 Å². The molecule has 1 fully saturated rings. The number of fused-ring (bicyclic) bond motifs is 1. The summed E-state index contributed by atoms with van der Waals surface area (Å²) in [6.07, 6.45) is 3.54. The fourth-order valence-corrected chi connectivity index (χ4v) is 3.97. The van der Waals surface area contributed by atoms with Crippen molar-refractivity contribution in [3.8, 4) is 0 Å². The summed E-state index contributed by atoms with van der Waals surface area (Å²) >= 11 is 7.78. The van der Waals surface area contributed by atoms with Crippen LogP contribution >= 0.6 is 22.9 Å². The standard InChI is InChI=1S/C17H17ClN4O2S/c18-17-20-14-9-13(11-24-10-12-1-3-19-4-2-12)25-15(14)16(21-17)22-5-7-23-8-6-22/h1-4,9H,5-8,10-11H2. The van der Waals surface area contributed by atoms with Crippen LogP contribution in [0, 0.1) is 0 Å². The summed E-state index contributed by atoms with van der Waals surface area (Å²) < 4.78 is 12.3. The molecule has 4 rings (SSSR count). The molecule has 0 N–H and O–H groups in total. The summed E-state index contributed by atoms with van der Waals surface area (Å²) in [7, 11) is 0. The number of nitrogens with zero attached hydrogens (tertiary/aromatic N) is 4. The molecule has 6 nitrogen and oxygen atoms in total. The molecule has 1 saturated heterocycles. The second kappa shape index (κ2) is 7.61. The number of aromatic nitrogens is 3. The van der Waals surface area contributed by atoms with Crippen molar-refractivity contribution in [2.45, 2.75) is 13.2 Å².